The van der Waals surface area contributed by atoms with Gasteiger partial charge in [-0.15, -0.1) is 11.8 Å². The number of hydrogen-bond acceptors (Lipinski definition) is 3. The Labute approximate surface area is 178 Å². The second kappa shape index (κ2) is 6.85. The fourth-order valence-corrected chi connectivity index (χ4v) is 5.04. The van der Waals surface area contributed by atoms with Crippen LogP contribution in [0.2, 0.25) is 0 Å². The third-order valence-electron chi connectivity index (χ3n) is 6.63. The van der Waals surface area contributed by atoms with Crippen LogP contribution >= 0.6 is 0 Å². The summed E-state index contributed by atoms with van der Waals surface area (Å²) in [7, 11) is 4.25. The molecular weight excluding hydrogens is 368 g/mol. The summed E-state index contributed by atoms with van der Waals surface area (Å²) in [5.41, 5.74) is 3.60. The molecule has 0 bridgehead atoms. The van der Waals surface area contributed by atoms with E-state index in [1.54, 1.807) is 0 Å². The Kier molecular flexibility index (Phi) is 4.25. The first-order valence-electron chi connectivity index (χ1n) is 10.4. The molecule has 3 aromatic carbocycles. The van der Waals surface area contributed by atoms with Gasteiger partial charge in [0.25, 0.3) is 0 Å². The first-order chi connectivity index (χ1) is 14.5. The molecule has 3 nitrogen and oxygen atoms in total. The van der Waals surface area contributed by atoms with Crippen LogP contribution in [-0.4, -0.2) is 20.1 Å². The minimum Gasteiger partial charge on any atom is -0.439 e. The fraction of sp³-hybridized carbons (Fsp3) is 0.259. The zero-order valence-corrected chi connectivity index (χ0v) is 17.9. The van der Waals surface area contributed by atoms with E-state index in [-0.39, 0.29) is 11.5 Å². The molecule has 3 heteroatoms. The normalized spacial score (nSPS) is 23.2. The van der Waals surface area contributed by atoms with Crippen molar-refractivity contribution >= 4 is 22.1 Å². The summed E-state index contributed by atoms with van der Waals surface area (Å²) in [6, 6.07) is 21.5. The van der Waals surface area contributed by atoms with Crippen molar-refractivity contribution in [1.29, 1.82) is 0 Å². The smallest absolute Gasteiger partial charge is 0.198 e. The summed E-state index contributed by atoms with van der Waals surface area (Å²) in [6.07, 6.45) is 3.06. The van der Waals surface area contributed by atoms with Crippen LogP contribution in [0.3, 0.4) is 0 Å². The molecule has 2 atom stereocenters. The van der Waals surface area contributed by atoms with Gasteiger partial charge < -0.3 is 14.5 Å². The maximum absolute atomic E-state index is 6.24. The molecule has 0 aromatic heterocycles. The van der Waals surface area contributed by atoms with Gasteiger partial charge in [-0.05, 0) is 47.5 Å². The van der Waals surface area contributed by atoms with E-state index in [1.165, 1.54) is 22.0 Å². The number of hydrogen-bond donors (Lipinski definition) is 0. The van der Waals surface area contributed by atoms with Gasteiger partial charge in [-0.3, -0.25) is 0 Å². The van der Waals surface area contributed by atoms with Crippen molar-refractivity contribution in [2.45, 2.75) is 31.7 Å². The average Bonchev–Trinajstić information content (AvgIpc) is 3.20. The number of ether oxygens (including phenoxy) is 1. The Balaban J connectivity index is 1.67. The number of fused-ring (bicyclic) bond motifs is 4. The maximum Gasteiger partial charge on any atom is 0.198 e. The standard InChI is InChI=1S/C27H26N2O/c1-5-6-17-27(2)24(18-25-29(4)21-13-9-10-14-23(21)30-25)28(3)22-16-15-19-11-7-8-12-20(19)26(22)27/h7-16,18,24H,17H2,1-4H3/b25-18-. The molecule has 2 aliphatic rings. The summed E-state index contributed by atoms with van der Waals surface area (Å²) in [5, 5.41) is 2.59. The van der Waals surface area contributed by atoms with E-state index in [1.807, 2.05) is 25.1 Å². The number of benzene rings is 3. The van der Waals surface area contributed by atoms with E-state index in [9.17, 15) is 0 Å². The van der Waals surface area contributed by atoms with E-state index < -0.39 is 0 Å². The maximum atomic E-state index is 6.24. The molecule has 0 radical (unpaired) electrons. The first kappa shape index (κ1) is 18.6. The van der Waals surface area contributed by atoms with Crippen LogP contribution in [0.25, 0.3) is 10.8 Å². The monoisotopic (exact) mass is 394 g/mol. The third kappa shape index (κ3) is 2.60. The summed E-state index contributed by atoms with van der Waals surface area (Å²) in [6.45, 7) is 4.26. The van der Waals surface area contributed by atoms with Crippen LogP contribution in [0.15, 0.2) is 72.6 Å². The summed E-state index contributed by atoms with van der Waals surface area (Å²) < 4.78 is 6.24. The van der Waals surface area contributed by atoms with Crippen LogP contribution in [0.1, 0.15) is 25.8 Å². The summed E-state index contributed by atoms with van der Waals surface area (Å²) in [5.74, 6) is 8.28. The predicted molar refractivity (Wildman–Crippen MR) is 125 cm³/mol. The largest absolute Gasteiger partial charge is 0.439 e. The highest BCUT2D eigenvalue weighted by Crippen LogP contribution is 2.51. The van der Waals surface area contributed by atoms with Crippen molar-refractivity contribution in [3.05, 3.63) is 78.2 Å². The molecule has 0 spiro atoms. The second-order valence-electron chi connectivity index (χ2n) is 8.39. The third-order valence-corrected chi connectivity index (χ3v) is 6.63. The SMILES string of the molecule is CC#CCC1(C)c2c(ccc3ccccc23)N(C)C1/C=C1\Oc2ccccc2N1C. The van der Waals surface area contributed by atoms with Crippen molar-refractivity contribution in [3.63, 3.8) is 0 Å². The van der Waals surface area contributed by atoms with Crippen LogP contribution in [0, 0.1) is 11.8 Å². The summed E-state index contributed by atoms with van der Waals surface area (Å²) >= 11 is 0. The van der Waals surface area contributed by atoms with Gasteiger partial charge in [-0.1, -0.05) is 49.4 Å². The van der Waals surface area contributed by atoms with Gasteiger partial charge >= 0.3 is 0 Å². The molecule has 0 fully saturated rings. The molecular formula is C27H26N2O. The quantitative estimate of drug-likeness (QED) is 0.519. The van der Waals surface area contributed by atoms with Gasteiger partial charge in [0.1, 0.15) is 0 Å². The second-order valence-corrected chi connectivity index (χ2v) is 8.39. The number of anilines is 2. The molecule has 2 aliphatic heterocycles. The van der Waals surface area contributed by atoms with E-state index in [2.05, 4.69) is 91.2 Å². The van der Waals surface area contributed by atoms with Crippen LogP contribution in [0.4, 0.5) is 11.4 Å². The molecule has 0 N–H and O–H groups in total. The Morgan fingerprint density at radius 1 is 1.00 bits per heavy atom. The van der Waals surface area contributed by atoms with Crippen molar-refractivity contribution in [2.75, 3.05) is 23.9 Å². The first-order valence-corrected chi connectivity index (χ1v) is 10.4. The lowest BCUT2D eigenvalue weighted by atomic mass is 9.74. The Bertz CT molecular complexity index is 1230. The van der Waals surface area contributed by atoms with Crippen LogP contribution in [0.5, 0.6) is 5.75 Å². The highest BCUT2D eigenvalue weighted by atomic mass is 16.5. The molecule has 2 unspecified atom stereocenters. The fourth-order valence-electron chi connectivity index (χ4n) is 5.04. The molecule has 0 saturated carbocycles. The van der Waals surface area contributed by atoms with Gasteiger partial charge in [0.2, 0.25) is 0 Å². The molecule has 150 valence electrons. The summed E-state index contributed by atoms with van der Waals surface area (Å²) in [4.78, 5) is 4.52. The molecule has 2 heterocycles. The molecule has 0 amide bonds. The topological polar surface area (TPSA) is 15.7 Å². The lowest BCUT2D eigenvalue weighted by Crippen LogP contribution is -2.40. The van der Waals surface area contributed by atoms with Crippen molar-refractivity contribution in [1.82, 2.24) is 0 Å². The minimum absolute atomic E-state index is 0.130. The highest BCUT2D eigenvalue weighted by Gasteiger charge is 2.47. The van der Waals surface area contributed by atoms with Gasteiger partial charge in [0.05, 0.1) is 11.7 Å². The van der Waals surface area contributed by atoms with Crippen LogP contribution in [-0.2, 0) is 5.41 Å². The molecule has 0 aliphatic carbocycles. The molecule has 3 aromatic rings. The molecule has 0 saturated heterocycles. The predicted octanol–water partition coefficient (Wildman–Crippen LogP) is 5.70. The average molecular weight is 395 g/mol. The van der Waals surface area contributed by atoms with E-state index >= 15 is 0 Å². The van der Waals surface area contributed by atoms with Crippen LogP contribution < -0.4 is 14.5 Å². The zero-order chi connectivity index (χ0) is 20.9. The Morgan fingerprint density at radius 2 is 1.77 bits per heavy atom. The van der Waals surface area contributed by atoms with E-state index in [0.29, 0.717) is 0 Å². The van der Waals surface area contributed by atoms with Crippen molar-refractivity contribution in [2.24, 2.45) is 0 Å². The number of nitrogens with zero attached hydrogens (tertiary/aromatic N) is 2. The highest BCUT2D eigenvalue weighted by molar-refractivity contribution is 5.93. The zero-order valence-electron chi connectivity index (χ0n) is 17.9. The van der Waals surface area contributed by atoms with E-state index in [0.717, 1.165) is 23.7 Å². The Morgan fingerprint density at radius 3 is 2.57 bits per heavy atom. The lowest BCUT2D eigenvalue weighted by molar-refractivity contribution is 0.412. The van der Waals surface area contributed by atoms with Gasteiger partial charge in [-0.25, -0.2) is 0 Å². The molecule has 30 heavy (non-hydrogen) atoms. The number of likely N-dealkylation sites (N-methyl/N-ethyl adjacent to an activating group) is 1. The minimum atomic E-state index is -0.153. The molecule has 5 rings (SSSR count). The van der Waals surface area contributed by atoms with Gasteiger partial charge in [0, 0.05) is 31.6 Å². The Hall–Kier alpha value is -3.38. The van der Waals surface area contributed by atoms with E-state index in [4.69, 9.17) is 4.74 Å². The van der Waals surface area contributed by atoms with Gasteiger partial charge in [0.15, 0.2) is 11.6 Å². The van der Waals surface area contributed by atoms with Gasteiger partial charge in [-0.2, -0.15) is 0 Å². The number of para-hydroxylation sites is 2. The number of rotatable bonds is 2. The lowest BCUT2D eigenvalue weighted by Gasteiger charge is -2.33. The van der Waals surface area contributed by atoms with Crippen molar-refractivity contribution in [3.8, 4) is 17.6 Å². The van der Waals surface area contributed by atoms with Crippen molar-refractivity contribution < 1.29 is 4.74 Å².